The summed E-state index contributed by atoms with van der Waals surface area (Å²) in [5.74, 6) is 0.474. The van der Waals surface area contributed by atoms with Crippen LogP contribution in [0.5, 0.6) is 0 Å². The van der Waals surface area contributed by atoms with Gasteiger partial charge in [-0.1, -0.05) is 6.07 Å². The molecular weight excluding hydrogens is 354 g/mol. The van der Waals surface area contributed by atoms with Crippen LogP contribution < -0.4 is 10.0 Å². The van der Waals surface area contributed by atoms with Gasteiger partial charge in [0.2, 0.25) is 10.0 Å². The third kappa shape index (κ3) is 4.72. The van der Waals surface area contributed by atoms with Gasteiger partial charge in [0.1, 0.15) is 5.76 Å². The highest BCUT2D eigenvalue weighted by Crippen LogP contribution is 2.15. The first kappa shape index (κ1) is 18.6. The van der Waals surface area contributed by atoms with E-state index in [1.807, 2.05) is 13.1 Å². The molecule has 1 aromatic heterocycles. The minimum absolute atomic E-state index is 0.101. The largest absolute Gasteiger partial charge is 0.469 e. The van der Waals surface area contributed by atoms with Gasteiger partial charge in [-0.15, -0.1) is 0 Å². The second-order valence-corrected chi connectivity index (χ2v) is 8.20. The quantitative estimate of drug-likeness (QED) is 0.757. The number of hydrogen-bond acceptors (Lipinski definition) is 5. The van der Waals surface area contributed by atoms with Crippen LogP contribution in [0, 0.1) is 0 Å². The Morgan fingerprint density at radius 3 is 2.85 bits per heavy atom. The van der Waals surface area contributed by atoms with Crippen molar-refractivity contribution in [1.82, 2.24) is 14.9 Å². The molecule has 1 unspecified atom stereocenters. The molecule has 0 aliphatic carbocycles. The molecule has 0 spiro atoms. The molecule has 2 aromatic rings. The number of likely N-dealkylation sites (tertiary alicyclic amines) is 1. The number of likely N-dealkylation sites (N-methyl/N-ethyl adjacent to an activating group) is 1. The molecule has 1 aliphatic heterocycles. The van der Waals surface area contributed by atoms with Gasteiger partial charge in [-0.3, -0.25) is 4.79 Å². The van der Waals surface area contributed by atoms with E-state index in [-0.39, 0.29) is 16.8 Å². The highest BCUT2D eigenvalue weighted by atomic mass is 32.2. The van der Waals surface area contributed by atoms with Gasteiger partial charge in [-0.2, -0.15) is 0 Å². The highest BCUT2D eigenvalue weighted by Gasteiger charge is 2.25. The SMILES string of the molecule is CN1CCC(NS(=O)(=O)c2cccc(C(=O)NCCc3ccco3)c2)C1. The van der Waals surface area contributed by atoms with Gasteiger partial charge in [0.25, 0.3) is 5.91 Å². The number of carbonyl (C=O) groups is 1. The van der Waals surface area contributed by atoms with E-state index < -0.39 is 10.0 Å². The fourth-order valence-corrected chi connectivity index (χ4v) is 4.29. The van der Waals surface area contributed by atoms with Crippen molar-refractivity contribution in [3.05, 3.63) is 54.0 Å². The first-order valence-corrected chi connectivity index (χ1v) is 10.0. The Bertz CT molecular complexity index is 849. The molecule has 1 saturated heterocycles. The van der Waals surface area contributed by atoms with Gasteiger partial charge in [-0.05, 0) is 50.3 Å². The minimum Gasteiger partial charge on any atom is -0.469 e. The first-order valence-electron chi connectivity index (χ1n) is 8.55. The average Bonchev–Trinajstić information content (AvgIpc) is 3.26. The average molecular weight is 377 g/mol. The van der Waals surface area contributed by atoms with Gasteiger partial charge in [0.15, 0.2) is 0 Å². The molecule has 2 N–H and O–H groups in total. The molecule has 1 aromatic carbocycles. The summed E-state index contributed by atoms with van der Waals surface area (Å²) in [7, 11) is -1.69. The zero-order valence-corrected chi connectivity index (χ0v) is 15.5. The lowest BCUT2D eigenvalue weighted by Crippen LogP contribution is -2.36. The maximum Gasteiger partial charge on any atom is 0.251 e. The van der Waals surface area contributed by atoms with E-state index in [0.717, 1.165) is 18.7 Å². The van der Waals surface area contributed by atoms with Crippen LogP contribution in [0.3, 0.4) is 0 Å². The molecule has 0 bridgehead atoms. The number of amides is 1. The summed E-state index contributed by atoms with van der Waals surface area (Å²) in [6.07, 6.45) is 2.94. The Hall–Kier alpha value is -2.16. The molecule has 26 heavy (non-hydrogen) atoms. The summed E-state index contributed by atoms with van der Waals surface area (Å²) in [5, 5.41) is 2.77. The van der Waals surface area contributed by atoms with Crippen molar-refractivity contribution in [2.75, 3.05) is 26.7 Å². The number of hydrogen-bond donors (Lipinski definition) is 2. The molecule has 1 amide bonds. The van der Waals surface area contributed by atoms with E-state index in [1.54, 1.807) is 24.5 Å². The molecule has 1 aliphatic rings. The number of furan rings is 1. The van der Waals surface area contributed by atoms with Crippen molar-refractivity contribution < 1.29 is 17.6 Å². The number of sulfonamides is 1. The lowest BCUT2D eigenvalue weighted by atomic mass is 10.2. The van der Waals surface area contributed by atoms with Gasteiger partial charge >= 0.3 is 0 Å². The summed E-state index contributed by atoms with van der Waals surface area (Å²) >= 11 is 0. The van der Waals surface area contributed by atoms with Gasteiger partial charge in [0, 0.05) is 31.1 Å². The first-order chi connectivity index (χ1) is 12.4. The summed E-state index contributed by atoms with van der Waals surface area (Å²) in [6, 6.07) is 9.62. The van der Waals surface area contributed by atoms with Crippen molar-refractivity contribution in [3.8, 4) is 0 Å². The van der Waals surface area contributed by atoms with Crippen LogP contribution in [-0.4, -0.2) is 51.9 Å². The van der Waals surface area contributed by atoms with E-state index >= 15 is 0 Å². The van der Waals surface area contributed by atoms with E-state index in [2.05, 4.69) is 14.9 Å². The number of nitrogens with one attached hydrogen (secondary N) is 2. The van der Waals surface area contributed by atoms with Crippen LogP contribution in [0.4, 0.5) is 0 Å². The summed E-state index contributed by atoms with van der Waals surface area (Å²) in [4.78, 5) is 14.5. The number of rotatable bonds is 7. The standard InChI is InChI=1S/C18H23N3O4S/c1-21-10-8-15(13-21)20-26(23,24)17-6-2-4-14(12-17)18(22)19-9-7-16-5-3-11-25-16/h2-6,11-12,15,20H,7-10,13H2,1H3,(H,19,22). The van der Waals surface area contributed by atoms with Crippen LogP contribution in [-0.2, 0) is 16.4 Å². The molecule has 1 atom stereocenters. The second kappa shape index (κ2) is 8.03. The predicted molar refractivity (Wildman–Crippen MR) is 97.4 cm³/mol. The number of benzene rings is 1. The number of carbonyl (C=O) groups excluding carboxylic acids is 1. The summed E-state index contributed by atoms with van der Waals surface area (Å²) < 4.78 is 33.1. The van der Waals surface area contributed by atoms with Gasteiger partial charge in [-0.25, -0.2) is 13.1 Å². The zero-order valence-electron chi connectivity index (χ0n) is 14.6. The molecule has 2 heterocycles. The van der Waals surface area contributed by atoms with Crippen LogP contribution in [0.15, 0.2) is 52.0 Å². The predicted octanol–water partition coefficient (Wildman–Crippen LogP) is 1.23. The molecule has 0 saturated carbocycles. The lowest BCUT2D eigenvalue weighted by molar-refractivity contribution is 0.0953. The molecular formula is C18H23N3O4S. The second-order valence-electron chi connectivity index (χ2n) is 6.48. The van der Waals surface area contributed by atoms with Crippen LogP contribution in [0.2, 0.25) is 0 Å². The molecule has 8 heteroatoms. The van der Waals surface area contributed by atoms with E-state index in [9.17, 15) is 13.2 Å². The smallest absolute Gasteiger partial charge is 0.251 e. The minimum atomic E-state index is -3.65. The van der Waals surface area contributed by atoms with Crippen LogP contribution in [0.25, 0.3) is 0 Å². The Labute approximate surface area is 153 Å². The zero-order chi connectivity index (χ0) is 18.6. The third-order valence-corrected chi connectivity index (χ3v) is 5.87. The van der Waals surface area contributed by atoms with Gasteiger partial charge < -0.3 is 14.6 Å². The van der Waals surface area contributed by atoms with E-state index in [4.69, 9.17) is 4.42 Å². The fourth-order valence-electron chi connectivity index (χ4n) is 2.98. The Morgan fingerprint density at radius 2 is 2.15 bits per heavy atom. The number of nitrogens with zero attached hydrogens (tertiary/aromatic N) is 1. The maximum absolute atomic E-state index is 12.6. The molecule has 3 rings (SSSR count). The van der Waals surface area contributed by atoms with Crippen molar-refractivity contribution >= 4 is 15.9 Å². The highest BCUT2D eigenvalue weighted by molar-refractivity contribution is 7.89. The van der Waals surface area contributed by atoms with Crippen molar-refractivity contribution in [1.29, 1.82) is 0 Å². The Balaban J connectivity index is 1.62. The topological polar surface area (TPSA) is 91.7 Å². The van der Waals surface area contributed by atoms with Crippen molar-refractivity contribution in [2.45, 2.75) is 23.8 Å². The van der Waals surface area contributed by atoms with E-state index in [1.165, 1.54) is 12.1 Å². The third-order valence-electron chi connectivity index (χ3n) is 4.36. The van der Waals surface area contributed by atoms with E-state index in [0.29, 0.717) is 25.1 Å². The van der Waals surface area contributed by atoms with Gasteiger partial charge in [0.05, 0.1) is 11.2 Å². The molecule has 0 radical (unpaired) electrons. The van der Waals surface area contributed by atoms with Crippen molar-refractivity contribution in [3.63, 3.8) is 0 Å². The molecule has 140 valence electrons. The maximum atomic E-state index is 12.6. The van der Waals surface area contributed by atoms with Crippen molar-refractivity contribution in [2.24, 2.45) is 0 Å². The Kier molecular flexibility index (Phi) is 5.75. The molecule has 1 fully saturated rings. The van der Waals surface area contributed by atoms with Crippen LogP contribution >= 0.6 is 0 Å². The summed E-state index contributed by atoms with van der Waals surface area (Å²) in [6.45, 7) is 1.97. The summed E-state index contributed by atoms with van der Waals surface area (Å²) in [5.41, 5.74) is 0.316. The monoisotopic (exact) mass is 377 g/mol. The molecule has 7 nitrogen and oxygen atoms in total. The fraction of sp³-hybridized carbons (Fsp3) is 0.389. The normalized spacial score (nSPS) is 18.1. The van der Waals surface area contributed by atoms with Crippen LogP contribution in [0.1, 0.15) is 22.5 Å². The Morgan fingerprint density at radius 1 is 1.31 bits per heavy atom. The lowest BCUT2D eigenvalue weighted by Gasteiger charge is -2.14.